The van der Waals surface area contributed by atoms with E-state index in [2.05, 4.69) is 93.6 Å². The summed E-state index contributed by atoms with van der Waals surface area (Å²) in [5, 5.41) is 0. The van der Waals surface area contributed by atoms with E-state index < -0.39 is 0 Å². The molecule has 0 unspecified atom stereocenters. The van der Waals surface area contributed by atoms with E-state index in [-0.39, 0.29) is 5.92 Å². The van der Waals surface area contributed by atoms with Gasteiger partial charge in [-0.2, -0.15) is 0 Å². The molecule has 0 aliphatic heterocycles. The SMILES string of the molecule is [CH2]c1ccc(C(c2ccc([CH2])cc2)c2ccc([CH2])cc2)cc1. The van der Waals surface area contributed by atoms with Crippen LogP contribution in [-0.2, 0) is 0 Å². The molecular weight excluding hydrogens is 264 g/mol. The lowest BCUT2D eigenvalue weighted by Crippen LogP contribution is -2.03. The van der Waals surface area contributed by atoms with Crippen molar-refractivity contribution >= 4 is 0 Å². The van der Waals surface area contributed by atoms with Crippen molar-refractivity contribution in [1.82, 2.24) is 0 Å². The summed E-state index contributed by atoms with van der Waals surface area (Å²) in [5.41, 5.74) is 6.89. The summed E-state index contributed by atoms with van der Waals surface area (Å²) in [4.78, 5) is 0. The summed E-state index contributed by atoms with van der Waals surface area (Å²) in [6.07, 6.45) is 0. The Balaban J connectivity index is 2.10. The standard InChI is InChI=1S/C22H19/c1-16-4-10-19(11-5-16)22(20-12-6-17(2)7-13-20)21-14-8-18(3)9-15-21/h4-15,22H,1-3H2. The van der Waals surface area contributed by atoms with Crippen LogP contribution in [0.3, 0.4) is 0 Å². The van der Waals surface area contributed by atoms with E-state index in [0.29, 0.717) is 0 Å². The second-order valence-corrected chi connectivity index (χ2v) is 5.66. The summed E-state index contributed by atoms with van der Waals surface area (Å²) in [7, 11) is 0. The van der Waals surface area contributed by atoms with Crippen molar-refractivity contribution in [2.45, 2.75) is 5.92 Å². The lowest BCUT2D eigenvalue weighted by Gasteiger charge is -2.19. The predicted molar refractivity (Wildman–Crippen MR) is 93.6 cm³/mol. The maximum atomic E-state index is 3.97. The van der Waals surface area contributed by atoms with E-state index >= 15 is 0 Å². The van der Waals surface area contributed by atoms with Crippen LogP contribution in [0.1, 0.15) is 39.3 Å². The van der Waals surface area contributed by atoms with Crippen molar-refractivity contribution in [2.24, 2.45) is 0 Å². The summed E-state index contributed by atoms with van der Waals surface area (Å²) in [6.45, 7) is 11.9. The summed E-state index contributed by atoms with van der Waals surface area (Å²) < 4.78 is 0. The largest absolute Gasteiger partial charge is 0.0587 e. The van der Waals surface area contributed by atoms with Gasteiger partial charge in [0.25, 0.3) is 0 Å². The number of rotatable bonds is 3. The van der Waals surface area contributed by atoms with Crippen LogP contribution < -0.4 is 0 Å². The highest BCUT2D eigenvalue weighted by molar-refractivity contribution is 5.45. The third-order valence-corrected chi connectivity index (χ3v) is 3.94. The van der Waals surface area contributed by atoms with Crippen LogP contribution in [0.15, 0.2) is 72.8 Å². The zero-order chi connectivity index (χ0) is 15.5. The highest BCUT2D eigenvalue weighted by Crippen LogP contribution is 2.32. The fourth-order valence-corrected chi connectivity index (χ4v) is 2.71. The molecule has 0 spiro atoms. The average molecular weight is 283 g/mol. The van der Waals surface area contributed by atoms with Crippen LogP contribution in [0.4, 0.5) is 0 Å². The maximum absolute atomic E-state index is 3.97. The van der Waals surface area contributed by atoms with Crippen molar-refractivity contribution in [1.29, 1.82) is 0 Å². The molecule has 0 saturated heterocycles. The molecule has 0 N–H and O–H groups in total. The molecule has 107 valence electrons. The van der Waals surface area contributed by atoms with Gasteiger partial charge < -0.3 is 0 Å². The monoisotopic (exact) mass is 283 g/mol. The topological polar surface area (TPSA) is 0 Å². The first-order valence-corrected chi connectivity index (χ1v) is 7.39. The van der Waals surface area contributed by atoms with Crippen LogP contribution in [0, 0.1) is 20.8 Å². The minimum absolute atomic E-state index is 0.210. The molecule has 0 bridgehead atoms. The number of benzene rings is 3. The Morgan fingerprint density at radius 3 is 0.864 bits per heavy atom. The molecule has 0 fully saturated rings. The third-order valence-electron chi connectivity index (χ3n) is 3.94. The molecule has 0 nitrogen and oxygen atoms in total. The minimum atomic E-state index is 0.210. The third kappa shape index (κ3) is 3.12. The zero-order valence-corrected chi connectivity index (χ0v) is 12.6. The molecule has 0 aliphatic carbocycles. The van der Waals surface area contributed by atoms with Crippen LogP contribution in [0.2, 0.25) is 0 Å². The van der Waals surface area contributed by atoms with Crippen LogP contribution >= 0.6 is 0 Å². The quantitative estimate of drug-likeness (QED) is 0.563. The van der Waals surface area contributed by atoms with Crippen molar-refractivity contribution in [3.05, 3.63) is 127 Å². The molecule has 3 aromatic rings. The molecule has 0 heteroatoms. The summed E-state index contributed by atoms with van der Waals surface area (Å²) in [5.74, 6) is 0.210. The minimum Gasteiger partial charge on any atom is -0.0587 e. The molecule has 3 radical (unpaired) electrons. The number of hydrogen-bond acceptors (Lipinski definition) is 0. The normalized spacial score (nSPS) is 10.9. The Labute approximate surface area is 133 Å². The first-order chi connectivity index (χ1) is 10.6. The highest BCUT2D eigenvalue weighted by atomic mass is 14.2. The van der Waals surface area contributed by atoms with Gasteiger partial charge in [-0.05, 0) is 54.2 Å². The lowest BCUT2D eigenvalue weighted by molar-refractivity contribution is 0.975. The van der Waals surface area contributed by atoms with E-state index in [9.17, 15) is 0 Å². The molecule has 0 heterocycles. The van der Waals surface area contributed by atoms with Crippen LogP contribution in [0.5, 0.6) is 0 Å². The highest BCUT2D eigenvalue weighted by Gasteiger charge is 2.16. The first kappa shape index (κ1) is 14.6. The van der Waals surface area contributed by atoms with Gasteiger partial charge in [0.05, 0.1) is 0 Å². The molecule has 3 rings (SSSR count). The summed E-state index contributed by atoms with van der Waals surface area (Å²) in [6, 6.07) is 25.3. The molecule has 0 saturated carbocycles. The van der Waals surface area contributed by atoms with E-state index in [1.807, 2.05) is 0 Å². The van der Waals surface area contributed by atoms with Gasteiger partial charge in [-0.3, -0.25) is 0 Å². The average Bonchev–Trinajstić information content (AvgIpc) is 2.53. The second kappa shape index (κ2) is 6.19. The lowest BCUT2D eigenvalue weighted by atomic mass is 9.84. The summed E-state index contributed by atoms with van der Waals surface area (Å²) >= 11 is 0. The predicted octanol–water partition coefficient (Wildman–Crippen LogP) is 5.41. The van der Waals surface area contributed by atoms with Gasteiger partial charge >= 0.3 is 0 Å². The van der Waals surface area contributed by atoms with Crippen LogP contribution in [-0.4, -0.2) is 0 Å². The molecular formula is C22H19. The molecule has 0 aliphatic rings. The fourth-order valence-electron chi connectivity index (χ4n) is 2.71. The zero-order valence-electron chi connectivity index (χ0n) is 12.6. The Kier molecular flexibility index (Phi) is 4.11. The molecule has 0 atom stereocenters. The van der Waals surface area contributed by atoms with E-state index in [4.69, 9.17) is 0 Å². The van der Waals surface area contributed by atoms with Gasteiger partial charge in [0.1, 0.15) is 0 Å². The molecule has 0 aromatic heterocycles. The van der Waals surface area contributed by atoms with E-state index in [0.717, 1.165) is 16.7 Å². The number of hydrogen-bond donors (Lipinski definition) is 0. The first-order valence-electron chi connectivity index (χ1n) is 7.39. The maximum Gasteiger partial charge on any atom is 0.0339 e. The Hall–Kier alpha value is -2.34. The van der Waals surface area contributed by atoms with Crippen molar-refractivity contribution < 1.29 is 0 Å². The smallest absolute Gasteiger partial charge is 0.0339 e. The second-order valence-electron chi connectivity index (χ2n) is 5.66. The van der Waals surface area contributed by atoms with E-state index in [1.54, 1.807) is 0 Å². The van der Waals surface area contributed by atoms with Crippen molar-refractivity contribution in [3.8, 4) is 0 Å². The Bertz CT molecular complexity index is 623. The van der Waals surface area contributed by atoms with Gasteiger partial charge in [0.15, 0.2) is 0 Å². The van der Waals surface area contributed by atoms with Crippen LogP contribution in [0.25, 0.3) is 0 Å². The molecule has 22 heavy (non-hydrogen) atoms. The van der Waals surface area contributed by atoms with Gasteiger partial charge in [-0.25, -0.2) is 0 Å². The van der Waals surface area contributed by atoms with Crippen molar-refractivity contribution in [3.63, 3.8) is 0 Å². The Morgan fingerprint density at radius 1 is 0.409 bits per heavy atom. The van der Waals surface area contributed by atoms with E-state index in [1.165, 1.54) is 16.7 Å². The Morgan fingerprint density at radius 2 is 0.636 bits per heavy atom. The van der Waals surface area contributed by atoms with Gasteiger partial charge in [-0.15, -0.1) is 0 Å². The van der Waals surface area contributed by atoms with Gasteiger partial charge in [-0.1, -0.05) is 72.8 Å². The fraction of sp³-hybridized carbons (Fsp3) is 0.0455. The van der Waals surface area contributed by atoms with Gasteiger partial charge in [0, 0.05) is 5.92 Å². The van der Waals surface area contributed by atoms with Gasteiger partial charge in [0.2, 0.25) is 0 Å². The molecule has 3 aromatic carbocycles. The molecule has 0 amide bonds. The van der Waals surface area contributed by atoms with Crippen molar-refractivity contribution in [2.75, 3.05) is 0 Å².